The number of nitrogens with one attached hydrogen (secondary N) is 2. The van der Waals surface area contributed by atoms with E-state index in [4.69, 9.17) is 46.9 Å². The summed E-state index contributed by atoms with van der Waals surface area (Å²) in [6.45, 7) is 0.679. The molecule has 0 spiro atoms. The molecule has 2 amide bonds. The molecule has 5 heterocycles. The topological polar surface area (TPSA) is 130 Å². The molecule has 1 aliphatic carbocycles. The molecule has 5 aromatic rings. The van der Waals surface area contributed by atoms with Crippen molar-refractivity contribution >= 4 is 41.2 Å². The maximum absolute atomic E-state index is 14.3. The fourth-order valence-electron chi connectivity index (χ4n) is 9.44. The molecule has 12 nitrogen and oxygen atoms in total. The molecular weight excluding hydrogens is 930 g/mol. The van der Waals surface area contributed by atoms with Gasteiger partial charge in [0.05, 0.1) is 12.6 Å². The normalized spacial score (nSPS) is 20.7. The van der Waals surface area contributed by atoms with E-state index in [-0.39, 0.29) is 36.5 Å². The summed E-state index contributed by atoms with van der Waals surface area (Å²) >= 11 is 13.1. The van der Waals surface area contributed by atoms with E-state index in [0.717, 1.165) is 62.0 Å². The summed E-state index contributed by atoms with van der Waals surface area (Å²) in [7, 11) is 0. The van der Waals surface area contributed by atoms with Gasteiger partial charge in [-0.1, -0.05) is 83.9 Å². The lowest BCUT2D eigenvalue weighted by Crippen LogP contribution is -2.52. The fraction of sp³-hybridized carbons (Fsp3) is 0.396. The molecule has 1 saturated carbocycles. The summed E-state index contributed by atoms with van der Waals surface area (Å²) in [5, 5.41) is 3.74. The number of benzene rings is 4. The third kappa shape index (κ3) is 12.3. The highest BCUT2D eigenvalue weighted by Crippen LogP contribution is 2.39. The number of esters is 1. The maximum atomic E-state index is 14.3. The molecule has 16 heteroatoms. The molecule has 5 aliphatic rings. The number of hydrogen-bond acceptors (Lipinski definition) is 9. The second kappa shape index (κ2) is 22.2. The number of alkyl carbamates (subject to hydrolysis) is 1. The van der Waals surface area contributed by atoms with Crippen LogP contribution >= 0.6 is 23.2 Å². The lowest BCUT2D eigenvalue weighted by molar-refractivity contribution is -0.377. The van der Waals surface area contributed by atoms with Crippen molar-refractivity contribution in [2.75, 3.05) is 32.8 Å². The van der Waals surface area contributed by atoms with Crippen LogP contribution < -0.4 is 24.5 Å². The minimum absolute atomic E-state index is 0.0442. The van der Waals surface area contributed by atoms with Crippen molar-refractivity contribution in [2.24, 2.45) is 11.8 Å². The molecule has 5 fully saturated rings. The van der Waals surface area contributed by atoms with Gasteiger partial charge in [0, 0.05) is 30.6 Å². The molecule has 0 radical (unpaired) electrons. The number of halogens is 4. The molecule has 1 aromatic heterocycles. The largest absolute Gasteiger partial charge is 0.489 e. The summed E-state index contributed by atoms with van der Waals surface area (Å²) in [5.74, 6) is 0.319. The first kappa shape index (κ1) is 48.1. The Morgan fingerprint density at radius 3 is 2.23 bits per heavy atom. The Labute approximate surface area is 410 Å². The van der Waals surface area contributed by atoms with E-state index in [1.54, 1.807) is 35.5 Å². The molecule has 4 aliphatic heterocycles. The number of alkyl halides is 2. The lowest BCUT2D eigenvalue weighted by atomic mass is 9.86. The predicted molar refractivity (Wildman–Crippen MR) is 254 cm³/mol. The van der Waals surface area contributed by atoms with E-state index in [1.165, 1.54) is 12.1 Å². The molecule has 4 aromatic carbocycles. The van der Waals surface area contributed by atoms with E-state index in [0.29, 0.717) is 76.7 Å². The van der Waals surface area contributed by atoms with E-state index in [1.807, 2.05) is 66.7 Å². The van der Waals surface area contributed by atoms with Gasteiger partial charge in [-0.2, -0.15) is 8.78 Å². The minimum atomic E-state index is -3.07. The number of carbonyl (C=O) groups excluding carboxylic acids is 3. The number of aromatic nitrogens is 1. The molecule has 4 saturated heterocycles. The highest BCUT2D eigenvalue weighted by molar-refractivity contribution is 6.35. The van der Waals surface area contributed by atoms with Gasteiger partial charge in [-0.25, -0.2) is 14.6 Å². The second-order valence-corrected chi connectivity index (χ2v) is 19.1. The predicted octanol–water partition coefficient (Wildman–Crippen LogP) is 10.2. The number of ether oxygens (including phenoxy) is 5. The average molecular weight is 985 g/mol. The van der Waals surface area contributed by atoms with Crippen LogP contribution in [0.5, 0.6) is 17.2 Å². The van der Waals surface area contributed by atoms with E-state index in [2.05, 4.69) is 15.2 Å². The van der Waals surface area contributed by atoms with Gasteiger partial charge in [0.2, 0.25) is 0 Å². The molecule has 10 rings (SSSR count). The van der Waals surface area contributed by atoms with Gasteiger partial charge in [-0.3, -0.25) is 9.69 Å². The van der Waals surface area contributed by atoms with Gasteiger partial charge in [-0.15, -0.1) is 0 Å². The highest BCUT2D eigenvalue weighted by atomic mass is 35.5. The Balaban J connectivity index is 0.865. The second-order valence-electron chi connectivity index (χ2n) is 18.2. The Hall–Kier alpha value is -5.96. The van der Waals surface area contributed by atoms with Crippen molar-refractivity contribution in [2.45, 2.75) is 88.9 Å². The minimum Gasteiger partial charge on any atom is -0.489 e. The smallest absolute Gasteiger partial charge is 0.408 e. The number of piperidine rings is 4. The zero-order valence-electron chi connectivity index (χ0n) is 38.0. The lowest BCUT2D eigenvalue weighted by Gasteiger charge is -2.43. The number of hydrogen-bond donors (Lipinski definition) is 1. The first-order valence-electron chi connectivity index (χ1n) is 23.7. The van der Waals surface area contributed by atoms with Crippen LogP contribution in [0.4, 0.5) is 13.6 Å². The van der Waals surface area contributed by atoms with E-state index in [9.17, 15) is 23.2 Å². The molecular formula is C53H55Cl2F2N4O8+. The van der Waals surface area contributed by atoms with Gasteiger partial charge in [0.25, 0.3) is 5.91 Å². The third-order valence-corrected chi connectivity index (χ3v) is 14.1. The molecule has 362 valence electrons. The van der Waals surface area contributed by atoms with Crippen molar-refractivity contribution in [3.8, 4) is 17.2 Å². The van der Waals surface area contributed by atoms with Crippen molar-refractivity contribution in [1.29, 1.82) is 0 Å². The molecule has 4 atom stereocenters. The zero-order valence-corrected chi connectivity index (χ0v) is 39.5. The first-order chi connectivity index (χ1) is 33.5. The summed E-state index contributed by atoms with van der Waals surface area (Å²) in [6, 6.07) is 27.5. The van der Waals surface area contributed by atoms with Gasteiger partial charge in [0.15, 0.2) is 23.9 Å². The first-order valence-corrected chi connectivity index (χ1v) is 24.4. The van der Waals surface area contributed by atoms with Crippen LogP contribution in [0.2, 0.25) is 10.0 Å². The number of aromatic amines is 1. The molecule has 2 bridgehead atoms. The van der Waals surface area contributed by atoms with Crippen LogP contribution in [0.1, 0.15) is 95.3 Å². The Morgan fingerprint density at radius 1 is 0.768 bits per heavy atom. The molecule has 2 N–H and O–H groups in total. The summed E-state index contributed by atoms with van der Waals surface area (Å²) in [6.07, 6.45) is 7.42. The van der Waals surface area contributed by atoms with Gasteiger partial charge in [-0.05, 0) is 129 Å². The number of pyridine rings is 1. The number of fused-ring (bicyclic) bond motifs is 3. The van der Waals surface area contributed by atoms with Gasteiger partial charge >= 0.3 is 18.7 Å². The van der Waals surface area contributed by atoms with Crippen molar-refractivity contribution in [3.63, 3.8) is 0 Å². The number of nitrogens with zero attached hydrogens (tertiary/aromatic N) is 2. The number of likely N-dealkylation sites (tertiary alicyclic amines) is 1. The van der Waals surface area contributed by atoms with Crippen LogP contribution in [0, 0.1) is 11.8 Å². The van der Waals surface area contributed by atoms with Crippen LogP contribution in [-0.4, -0.2) is 79.3 Å². The Bertz CT molecular complexity index is 2560. The number of rotatable bonds is 18. The van der Waals surface area contributed by atoms with Crippen molar-refractivity contribution < 1.29 is 51.8 Å². The third-order valence-electron chi connectivity index (χ3n) is 13.5. The van der Waals surface area contributed by atoms with Crippen LogP contribution in [0.3, 0.4) is 0 Å². The van der Waals surface area contributed by atoms with Crippen LogP contribution in [-0.2, 0) is 27.3 Å². The SMILES string of the molecule is O=C(N[C@@H](c1ccccc1)c1cccc(OCc2ccc(C(=O)N3CCCC[C@H]3C(=O)O[C@@H](Cc3c(Cl)c[nH+]cc3Cl)c3ccc(OC(F)F)c(OCC4CC4)c3)cc2)c1)O[C@H]1CN2CCC1CC2. The van der Waals surface area contributed by atoms with Crippen LogP contribution in [0.25, 0.3) is 0 Å². The average Bonchev–Trinajstić information content (AvgIpc) is 4.21. The number of carbonyl (C=O) groups is 3. The summed E-state index contributed by atoms with van der Waals surface area (Å²) < 4.78 is 56.1. The van der Waals surface area contributed by atoms with Gasteiger partial charge < -0.3 is 33.9 Å². The fourth-order valence-corrected chi connectivity index (χ4v) is 9.98. The van der Waals surface area contributed by atoms with Crippen molar-refractivity contribution in [3.05, 3.63) is 153 Å². The van der Waals surface area contributed by atoms with E-state index < -0.39 is 36.9 Å². The molecule has 0 unspecified atom stereocenters. The number of amides is 2. The monoisotopic (exact) mass is 983 g/mol. The summed E-state index contributed by atoms with van der Waals surface area (Å²) in [5.41, 5.74) is 3.89. The standard InChI is InChI=1S/C53H54Cl2F2N4O8/c54-42-28-58-29-43(55)41(42)27-46(38-18-19-45(68-52(56)57)47(26-38)66-32-33-12-13-33)67-51(63)44-11-4-5-22-61(44)50(62)37-16-14-34(15-17-37)31-65-40-10-6-9-39(25-40)49(36-7-2-1-3-8-36)59-53(64)69-48-30-60-23-20-35(48)21-24-60/h1-3,6-10,14-19,25-26,28-29,33,35,44,46,48-49,52H,4-5,11-13,20-24,27,30-32H2,(H,59,64)/p+1/t44-,46-,48-,49-/m0/s1. The Morgan fingerprint density at radius 2 is 1.52 bits per heavy atom. The van der Waals surface area contributed by atoms with Crippen molar-refractivity contribution in [1.82, 2.24) is 15.1 Å². The Kier molecular flexibility index (Phi) is 15.5. The highest BCUT2D eigenvalue weighted by Gasteiger charge is 2.38. The van der Waals surface area contributed by atoms with E-state index >= 15 is 0 Å². The van der Waals surface area contributed by atoms with Crippen LogP contribution in [0.15, 0.2) is 109 Å². The maximum Gasteiger partial charge on any atom is 0.408 e. The molecule has 69 heavy (non-hydrogen) atoms. The quantitative estimate of drug-likeness (QED) is 0.0853. The number of H-pyrrole nitrogens is 1. The zero-order chi connectivity index (χ0) is 47.9. The summed E-state index contributed by atoms with van der Waals surface area (Å²) in [4.78, 5) is 48.6. The van der Waals surface area contributed by atoms with Gasteiger partial charge in [0.1, 0.15) is 40.7 Å².